The summed E-state index contributed by atoms with van der Waals surface area (Å²) in [6.45, 7) is 0. The Kier molecular flexibility index (Phi) is 4.39. The van der Waals surface area contributed by atoms with Crippen LogP contribution in [0.25, 0.3) is 0 Å². The molecule has 2 aromatic rings. The van der Waals surface area contributed by atoms with Crippen LogP contribution in [0.1, 0.15) is 10.4 Å². The van der Waals surface area contributed by atoms with Gasteiger partial charge in [-0.2, -0.15) is 8.42 Å². The number of hydrogen-bond donors (Lipinski definition) is 1. The lowest BCUT2D eigenvalue weighted by Crippen LogP contribution is -2.13. The number of carbonyl (C=O) groups excluding carboxylic acids is 1. The number of hydrogen-bond acceptors (Lipinski definition) is 3. The Morgan fingerprint density at radius 3 is 2.25 bits per heavy atom. The first-order chi connectivity index (χ1) is 9.38. The molecule has 104 valence electrons. The molecule has 0 aliphatic heterocycles. The van der Waals surface area contributed by atoms with Crippen LogP contribution in [0.5, 0.6) is 0 Å². The summed E-state index contributed by atoms with van der Waals surface area (Å²) >= 11 is 2.10. The maximum Gasteiger partial charge on any atom is 0.334 e. The molecule has 0 aliphatic rings. The van der Waals surface area contributed by atoms with E-state index in [2.05, 4.69) is 27.9 Å². The van der Waals surface area contributed by atoms with E-state index in [-0.39, 0.29) is 5.69 Å². The van der Waals surface area contributed by atoms with Gasteiger partial charge < -0.3 is 5.32 Å². The van der Waals surface area contributed by atoms with Crippen LogP contribution >= 0.6 is 22.6 Å². The molecule has 0 heterocycles. The molecule has 0 aromatic heterocycles. The maximum atomic E-state index is 13.1. The number of benzene rings is 2. The van der Waals surface area contributed by atoms with Gasteiger partial charge in [-0.25, -0.2) is 0 Å². The highest BCUT2D eigenvalue weighted by Crippen LogP contribution is 2.23. The Labute approximate surface area is 129 Å². The monoisotopic (exact) mass is 405 g/mol. The highest BCUT2D eigenvalue weighted by atomic mass is 127. The summed E-state index contributed by atoms with van der Waals surface area (Å²) in [4.78, 5) is 11.4. The summed E-state index contributed by atoms with van der Waals surface area (Å²) in [6.07, 6.45) is 0. The fourth-order valence-electron chi connectivity index (χ4n) is 1.58. The third-order valence-corrected chi connectivity index (χ3v) is 4.10. The smallest absolute Gasteiger partial charge is 0.321 e. The minimum absolute atomic E-state index is 0.0847. The highest BCUT2D eigenvalue weighted by Gasteiger charge is 2.18. The van der Waals surface area contributed by atoms with Crippen molar-refractivity contribution in [2.24, 2.45) is 0 Å². The van der Waals surface area contributed by atoms with Gasteiger partial charge in [0.2, 0.25) is 0 Å². The van der Waals surface area contributed by atoms with Gasteiger partial charge in [0, 0.05) is 9.13 Å². The average molecular weight is 405 g/mol. The van der Waals surface area contributed by atoms with Crippen LogP contribution in [0.3, 0.4) is 0 Å². The van der Waals surface area contributed by atoms with E-state index in [9.17, 15) is 17.1 Å². The predicted octanol–water partition coefficient (Wildman–Crippen LogP) is 3.20. The Balaban J connectivity index is 2.31. The molecular weight excluding hydrogens is 396 g/mol. The number of rotatable bonds is 3. The van der Waals surface area contributed by atoms with Crippen LogP contribution in [0.15, 0.2) is 53.4 Å². The second-order valence-corrected chi connectivity index (χ2v) is 6.46. The number of halogens is 2. The van der Waals surface area contributed by atoms with Crippen molar-refractivity contribution in [2.45, 2.75) is 4.90 Å². The molecule has 0 bridgehead atoms. The van der Waals surface area contributed by atoms with E-state index in [1.165, 1.54) is 18.2 Å². The van der Waals surface area contributed by atoms with E-state index in [0.29, 0.717) is 5.56 Å². The molecule has 1 amide bonds. The SMILES string of the molecule is O=C(Nc1ccccc1S(=O)(=O)F)c1ccc(I)cc1. The summed E-state index contributed by atoms with van der Waals surface area (Å²) in [5, 5.41) is 2.39. The van der Waals surface area contributed by atoms with Gasteiger partial charge in [-0.1, -0.05) is 12.1 Å². The molecule has 20 heavy (non-hydrogen) atoms. The highest BCUT2D eigenvalue weighted by molar-refractivity contribution is 14.1. The van der Waals surface area contributed by atoms with E-state index in [1.54, 1.807) is 24.3 Å². The molecule has 7 heteroatoms. The number of nitrogens with one attached hydrogen (secondary N) is 1. The van der Waals surface area contributed by atoms with Crippen molar-refractivity contribution in [3.05, 3.63) is 57.7 Å². The van der Waals surface area contributed by atoms with E-state index in [0.717, 1.165) is 9.64 Å². The van der Waals surface area contributed by atoms with Gasteiger partial charge in [-0.3, -0.25) is 4.79 Å². The molecule has 1 N–H and O–H groups in total. The van der Waals surface area contributed by atoms with Gasteiger partial charge >= 0.3 is 10.2 Å². The quantitative estimate of drug-likeness (QED) is 0.630. The van der Waals surface area contributed by atoms with Crippen molar-refractivity contribution >= 4 is 44.4 Å². The minimum atomic E-state index is -4.88. The first-order valence-electron chi connectivity index (χ1n) is 5.48. The number of amides is 1. The molecule has 0 spiro atoms. The summed E-state index contributed by atoms with van der Waals surface area (Å²) < 4.78 is 36.1. The molecule has 0 saturated heterocycles. The molecule has 0 aliphatic carbocycles. The summed E-state index contributed by atoms with van der Waals surface area (Å²) in [5.41, 5.74) is 0.273. The molecule has 0 fully saturated rings. The van der Waals surface area contributed by atoms with Gasteiger partial charge in [0.25, 0.3) is 5.91 Å². The van der Waals surface area contributed by atoms with Crippen molar-refractivity contribution in [3.63, 3.8) is 0 Å². The van der Waals surface area contributed by atoms with Crippen molar-refractivity contribution in [1.82, 2.24) is 0 Å². The van der Waals surface area contributed by atoms with E-state index in [1.807, 2.05) is 0 Å². The Hall–Kier alpha value is -1.48. The van der Waals surface area contributed by atoms with Crippen molar-refractivity contribution in [2.75, 3.05) is 5.32 Å². The van der Waals surface area contributed by atoms with Crippen LogP contribution in [0, 0.1) is 3.57 Å². The molecule has 4 nitrogen and oxygen atoms in total. The van der Waals surface area contributed by atoms with E-state index in [4.69, 9.17) is 0 Å². The zero-order chi connectivity index (χ0) is 14.8. The summed E-state index contributed by atoms with van der Waals surface area (Å²) in [5.74, 6) is -0.502. The Morgan fingerprint density at radius 1 is 1.05 bits per heavy atom. The lowest BCUT2D eigenvalue weighted by molar-refractivity contribution is 0.102. The molecule has 0 radical (unpaired) electrons. The van der Waals surface area contributed by atoms with Crippen LogP contribution < -0.4 is 5.32 Å². The molecule has 2 rings (SSSR count). The molecule has 0 atom stereocenters. The number of anilines is 1. The summed E-state index contributed by atoms with van der Waals surface area (Å²) in [6, 6.07) is 12.0. The zero-order valence-corrected chi connectivity index (χ0v) is 13.0. The third-order valence-electron chi connectivity index (χ3n) is 2.50. The zero-order valence-electron chi connectivity index (χ0n) is 10.0. The average Bonchev–Trinajstić information content (AvgIpc) is 2.38. The van der Waals surface area contributed by atoms with Gasteiger partial charge in [0.1, 0.15) is 4.90 Å². The summed E-state index contributed by atoms with van der Waals surface area (Å²) in [7, 11) is -4.88. The fraction of sp³-hybridized carbons (Fsp3) is 0. The largest absolute Gasteiger partial charge is 0.334 e. The topological polar surface area (TPSA) is 63.2 Å². The van der Waals surface area contributed by atoms with Crippen molar-refractivity contribution < 1.29 is 17.1 Å². The molecule has 0 saturated carbocycles. The first-order valence-corrected chi connectivity index (χ1v) is 7.95. The second-order valence-electron chi connectivity index (χ2n) is 3.90. The van der Waals surface area contributed by atoms with E-state index < -0.39 is 21.0 Å². The minimum Gasteiger partial charge on any atom is -0.321 e. The molecule has 2 aromatic carbocycles. The van der Waals surface area contributed by atoms with Crippen LogP contribution in [-0.4, -0.2) is 14.3 Å². The molecular formula is C13H9FINO3S. The van der Waals surface area contributed by atoms with Crippen molar-refractivity contribution in [3.8, 4) is 0 Å². The standard InChI is InChI=1S/C13H9FINO3S/c14-20(18,19)12-4-2-1-3-11(12)16-13(17)9-5-7-10(15)8-6-9/h1-8H,(H,16,17). The maximum absolute atomic E-state index is 13.1. The van der Waals surface area contributed by atoms with Crippen molar-refractivity contribution in [1.29, 1.82) is 0 Å². The normalized spacial score (nSPS) is 11.1. The lowest BCUT2D eigenvalue weighted by Gasteiger charge is -2.08. The van der Waals surface area contributed by atoms with Gasteiger partial charge in [-0.05, 0) is 59.0 Å². The molecule has 0 unspecified atom stereocenters. The first kappa shape index (κ1) is 14.9. The fourth-order valence-corrected chi connectivity index (χ4v) is 2.56. The number of carbonyl (C=O) groups is 1. The Morgan fingerprint density at radius 2 is 1.65 bits per heavy atom. The van der Waals surface area contributed by atoms with E-state index >= 15 is 0 Å². The van der Waals surface area contributed by atoms with Crippen LogP contribution in [0.2, 0.25) is 0 Å². The van der Waals surface area contributed by atoms with Gasteiger partial charge in [0.15, 0.2) is 0 Å². The number of para-hydroxylation sites is 1. The van der Waals surface area contributed by atoms with Crippen LogP contribution in [-0.2, 0) is 10.2 Å². The van der Waals surface area contributed by atoms with Crippen LogP contribution in [0.4, 0.5) is 9.57 Å². The predicted molar refractivity (Wildman–Crippen MR) is 81.8 cm³/mol. The second kappa shape index (κ2) is 5.88. The van der Waals surface area contributed by atoms with Gasteiger partial charge in [-0.15, -0.1) is 3.89 Å². The Bertz CT molecular complexity index is 744. The lowest BCUT2D eigenvalue weighted by atomic mass is 10.2. The van der Waals surface area contributed by atoms with Gasteiger partial charge in [0.05, 0.1) is 5.69 Å². The third kappa shape index (κ3) is 3.54.